The summed E-state index contributed by atoms with van der Waals surface area (Å²) in [6.45, 7) is 6.92. The number of anilines is 1. The van der Waals surface area contributed by atoms with Crippen LogP contribution in [-0.4, -0.2) is 93.8 Å². The molecule has 1 aliphatic carbocycles. The highest BCUT2D eigenvalue weighted by Crippen LogP contribution is 2.50. The minimum absolute atomic E-state index is 0.121. The normalized spacial score (nSPS) is 18.7. The van der Waals surface area contributed by atoms with Gasteiger partial charge in [0.15, 0.2) is 23.0 Å². The van der Waals surface area contributed by atoms with Gasteiger partial charge in [0.2, 0.25) is 29.1 Å². The van der Waals surface area contributed by atoms with Crippen LogP contribution in [0.2, 0.25) is 0 Å². The minimum atomic E-state index is -0.758. The summed E-state index contributed by atoms with van der Waals surface area (Å²) in [6.07, 6.45) is 1.03. The third-order valence-corrected chi connectivity index (χ3v) is 10.4. The van der Waals surface area contributed by atoms with E-state index in [4.69, 9.17) is 23.7 Å². The maximum Gasteiger partial charge on any atom is 0.267 e. The standard InChI is InChI=1S/C40H48N4O9/c1-7-23(2)36(40(48)44-18-16-43(17-19-44)39(47)34-22-52-31-10-8-9-11-32(31)53-34)42-29-15-13-26-27(21-30(29)46)28(41-24(3)45)14-12-25-20-33(49-4)37(50-5)38(51-6)35(25)26/h8-11,13,15,20-21,23,28,34,36H,7,12,14,16-19,22H2,1-6H3,(H,41,45)(H,42,46)/t23-,28+,34?,36+/m1/s1. The van der Waals surface area contributed by atoms with Gasteiger partial charge in [-0.05, 0) is 65.8 Å². The number of methoxy groups -OCH3 is 3. The molecule has 13 heteroatoms. The largest absolute Gasteiger partial charge is 0.493 e. The molecule has 1 fully saturated rings. The van der Waals surface area contributed by atoms with Gasteiger partial charge in [0.05, 0.1) is 33.1 Å². The highest BCUT2D eigenvalue weighted by Gasteiger charge is 2.36. The Morgan fingerprint density at radius 1 is 0.925 bits per heavy atom. The van der Waals surface area contributed by atoms with E-state index in [0.717, 1.165) is 11.1 Å². The topological polar surface area (TPSA) is 145 Å². The molecule has 0 spiro atoms. The number of carbonyl (C=O) groups is 3. The number of carbonyl (C=O) groups excluding carboxylic acids is 3. The van der Waals surface area contributed by atoms with E-state index in [-0.39, 0.29) is 41.4 Å². The van der Waals surface area contributed by atoms with Gasteiger partial charge in [0, 0.05) is 38.7 Å². The Morgan fingerprint density at radius 3 is 2.28 bits per heavy atom. The van der Waals surface area contributed by atoms with E-state index < -0.39 is 18.2 Å². The van der Waals surface area contributed by atoms with Crippen molar-refractivity contribution in [1.82, 2.24) is 15.1 Å². The van der Waals surface area contributed by atoms with Crippen molar-refractivity contribution in [3.05, 3.63) is 69.9 Å². The van der Waals surface area contributed by atoms with Gasteiger partial charge in [0.1, 0.15) is 12.6 Å². The summed E-state index contributed by atoms with van der Waals surface area (Å²) in [4.78, 5) is 57.5. The molecular formula is C40H48N4O9. The summed E-state index contributed by atoms with van der Waals surface area (Å²) in [7, 11) is 4.65. The van der Waals surface area contributed by atoms with Crippen LogP contribution < -0.4 is 39.7 Å². The number of hydrogen-bond acceptors (Lipinski definition) is 10. The second-order valence-electron chi connectivity index (χ2n) is 13.6. The first-order valence-electron chi connectivity index (χ1n) is 18.1. The lowest BCUT2D eigenvalue weighted by atomic mass is 9.95. The number of para-hydroxylation sites is 2. The molecule has 0 radical (unpaired) electrons. The van der Waals surface area contributed by atoms with Gasteiger partial charge in [-0.15, -0.1) is 0 Å². The van der Waals surface area contributed by atoms with Crippen molar-refractivity contribution in [2.45, 2.75) is 58.2 Å². The maximum atomic E-state index is 14.2. The summed E-state index contributed by atoms with van der Waals surface area (Å²) in [6, 6.07) is 13.1. The summed E-state index contributed by atoms with van der Waals surface area (Å²) in [5, 5.41) is 6.34. The third-order valence-electron chi connectivity index (χ3n) is 10.4. The quantitative estimate of drug-likeness (QED) is 0.312. The maximum absolute atomic E-state index is 14.2. The number of aryl methyl sites for hydroxylation is 1. The fraction of sp³-hybridized carbons (Fsp3) is 0.450. The highest BCUT2D eigenvalue weighted by atomic mass is 16.6. The number of amides is 3. The van der Waals surface area contributed by atoms with E-state index in [0.29, 0.717) is 85.3 Å². The predicted octanol–water partition coefficient (Wildman–Crippen LogP) is 4.20. The summed E-state index contributed by atoms with van der Waals surface area (Å²) >= 11 is 0. The molecule has 3 aliphatic rings. The number of nitrogens with one attached hydrogen (secondary N) is 2. The number of rotatable bonds is 10. The molecule has 0 saturated carbocycles. The Morgan fingerprint density at radius 2 is 1.62 bits per heavy atom. The minimum Gasteiger partial charge on any atom is -0.493 e. The van der Waals surface area contributed by atoms with Crippen LogP contribution in [0.4, 0.5) is 5.69 Å². The molecule has 13 nitrogen and oxygen atoms in total. The van der Waals surface area contributed by atoms with Gasteiger partial charge in [-0.3, -0.25) is 19.2 Å². The van der Waals surface area contributed by atoms with Crippen LogP contribution in [0.25, 0.3) is 11.1 Å². The highest BCUT2D eigenvalue weighted by molar-refractivity contribution is 5.87. The van der Waals surface area contributed by atoms with Crippen molar-refractivity contribution in [2.75, 3.05) is 59.4 Å². The molecule has 6 rings (SSSR count). The first kappa shape index (κ1) is 37.3. The fourth-order valence-corrected chi connectivity index (χ4v) is 7.37. The van der Waals surface area contributed by atoms with Crippen LogP contribution in [0.5, 0.6) is 28.7 Å². The average Bonchev–Trinajstić information content (AvgIpc) is 3.42. The molecule has 0 bridgehead atoms. The van der Waals surface area contributed by atoms with Gasteiger partial charge in [-0.2, -0.15) is 0 Å². The summed E-state index contributed by atoms with van der Waals surface area (Å²) in [5.41, 5.74) is 2.92. The van der Waals surface area contributed by atoms with Gasteiger partial charge in [-0.1, -0.05) is 38.5 Å². The van der Waals surface area contributed by atoms with Gasteiger partial charge in [0.25, 0.3) is 5.91 Å². The molecule has 4 atom stereocenters. The van der Waals surface area contributed by atoms with E-state index in [9.17, 15) is 19.2 Å². The van der Waals surface area contributed by atoms with Gasteiger partial charge >= 0.3 is 0 Å². The third kappa shape index (κ3) is 7.56. The van der Waals surface area contributed by atoms with Crippen LogP contribution in [0.15, 0.2) is 53.3 Å². The Bertz CT molecular complexity index is 1930. The Balaban J connectivity index is 1.27. The van der Waals surface area contributed by atoms with E-state index >= 15 is 0 Å². The predicted molar refractivity (Wildman–Crippen MR) is 199 cm³/mol. The van der Waals surface area contributed by atoms with Crippen molar-refractivity contribution in [1.29, 1.82) is 0 Å². The Labute approximate surface area is 309 Å². The molecule has 3 aromatic rings. The van der Waals surface area contributed by atoms with Crippen molar-refractivity contribution < 1.29 is 38.1 Å². The monoisotopic (exact) mass is 728 g/mol. The van der Waals surface area contributed by atoms with E-state index in [1.54, 1.807) is 48.3 Å². The van der Waals surface area contributed by atoms with Crippen molar-refractivity contribution >= 4 is 23.4 Å². The number of benzene rings is 2. The average molecular weight is 729 g/mol. The Kier molecular flexibility index (Phi) is 11.3. The number of nitrogens with zero attached hydrogens (tertiary/aromatic N) is 2. The van der Waals surface area contributed by atoms with Crippen LogP contribution in [-0.2, 0) is 20.8 Å². The number of hydrogen-bond donors (Lipinski definition) is 2. The fourth-order valence-electron chi connectivity index (χ4n) is 7.37. The molecule has 2 aliphatic heterocycles. The lowest BCUT2D eigenvalue weighted by Crippen LogP contribution is -2.57. The Hall–Kier alpha value is -5.46. The van der Waals surface area contributed by atoms with Crippen LogP contribution in [0.1, 0.15) is 50.8 Å². The zero-order valence-electron chi connectivity index (χ0n) is 31.2. The molecule has 282 valence electrons. The summed E-state index contributed by atoms with van der Waals surface area (Å²) in [5.74, 6) is 1.85. The molecule has 2 heterocycles. The smallest absolute Gasteiger partial charge is 0.267 e. The molecule has 0 aromatic heterocycles. The van der Waals surface area contributed by atoms with Crippen LogP contribution >= 0.6 is 0 Å². The van der Waals surface area contributed by atoms with Gasteiger partial charge < -0.3 is 44.1 Å². The molecule has 53 heavy (non-hydrogen) atoms. The van der Waals surface area contributed by atoms with Crippen molar-refractivity contribution in [3.63, 3.8) is 0 Å². The van der Waals surface area contributed by atoms with E-state index in [1.165, 1.54) is 14.0 Å². The zero-order valence-corrected chi connectivity index (χ0v) is 31.2. The first-order valence-corrected chi connectivity index (χ1v) is 18.1. The van der Waals surface area contributed by atoms with Crippen molar-refractivity contribution in [2.24, 2.45) is 5.92 Å². The molecule has 1 saturated heterocycles. The van der Waals surface area contributed by atoms with Crippen LogP contribution in [0, 0.1) is 5.92 Å². The lowest BCUT2D eigenvalue weighted by Gasteiger charge is -2.39. The number of piperazine rings is 1. The summed E-state index contributed by atoms with van der Waals surface area (Å²) < 4.78 is 28.9. The number of fused-ring (bicyclic) bond motifs is 4. The number of ether oxygens (including phenoxy) is 5. The zero-order chi connectivity index (χ0) is 37.8. The molecule has 2 N–H and O–H groups in total. The first-order chi connectivity index (χ1) is 25.6. The SMILES string of the molecule is CC[C@@H](C)[C@H](Nc1ccc2c(cc1=O)[C@@H](NC(C)=O)CCc1cc(OC)c(OC)c(OC)c1-2)C(=O)N1CCN(C(=O)C2COc3ccccc3O2)CC1. The lowest BCUT2D eigenvalue weighted by molar-refractivity contribution is -0.146. The van der Waals surface area contributed by atoms with Gasteiger partial charge in [-0.25, -0.2) is 0 Å². The van der Waals surface area contributed by atoms with E-state index in [2.05, 4.69) is 10.6 Å². The second kappa shape index (κ2) is 16.1. The molecular weight excluding hydrogens is 680 g/mol. The molecule has 1 unspecified atom stereocenters. The van der Waals surface area contributed by atoms with Crippen LogP contribution in [0.3, 0.4) is 0 Å². The molecule has 3 aromatic carbocycles. The second-order valence-corrected chi connectivity index (χ2v) is 13.6. The molecule has 3 amide bonds. The van der Waals surface area contributed by atoms with E-state index in [1.807, 2.05) is 38.1 Å². The van der Waals surface area contributed by atoms with Crippen molar-refractivity contribution in [3.8, 4) is 39.9 Å².